The zero-order chi connectivity index (χ0) is 16.4. The standard InChI is InChI=1S/C17H20N2O3S/c1-13-7-9-14(10-8-13)23(20,21)19-12-4-6-16(19)15-5-3-11-18-17(15)22-2/h3,5,7-11,16H,4,6,12H2,1-2H3. The van der Waals surface area contributed by atoms with Gasteiger partial charge in [-0.1, -0.05) is 23.8 Å². The van der Waals surface area contributed by atoms with E-state index >= 15 is 0 Å². The van der Waals surface area contributed by atoms with Crippen molar-refractivity contribution < 1.29 is 13.2 Å². The van der Waals surface area contributed by atoms with Gasteiger partial charge in [-0.25, -0.2) is 13.4 Å². The van der Waals surface area contributed by atoms with E-state index in [4.69, 9.17) is 4.74 Å². The highest BCUT2D eigenvalue weighted by atomic mass is 32.2. The second kappa shape index (κ2) is 6.29. The first-order chi connectivity index (χ1) is 11.0. The molecule has 1 aliphatic heterocycles. The van der Waals surface area contributed by atoms with Gasteiger partial charge in [-0.15, -0.1) is 0 Å². The number of hydrogen-bond acceptors (Lipinski definition) is 4. The zero-order valence-electron chi connectivity index (χ0n) is 13.3. The van der Waals surface area contributed by atoms with E-state index in [1.54, 1.807) is 29.7 Å². The maximum atomic E-state index is 13.0. The minimum Gasteiger partial charge on any atom is -0.481 e. The molecule has 0 radical (unpaired) electrons. The first kappa shape index (κ1) is 16.0. The molecule has 0 bridgehead atoms. The molecule has 122 valence electrons. The summed E-state index contributed by atoms with van der Waals surface area (Å²) in [6.07, 6.45) is 3.25. The summed E-state index contributed by atoms with van der Waals surface area (Å²) < 4.78 is 32.9. The van der Waals surface area contributed by atoms with E-state index in [0.29, 0.717) is 17.3 Å². The van der Waals surface area contributed by atoms with Gasteiger partial charge in [0.15, 0.2) is 0 Å². The number of aromatic nitrogens is 1. The van der Waals surface area contributed by atoms with E-state index in [-0.39, 0.29) is 6.04 Å². The van der Waals surface area contributed by atoms with Gasteiger partial charge >= 0.3 is 0 Å². The molecule has 0 aliphatic carbocycles. The van der Waals surface area contributed by atoms with Crippen LogP contribution in [0.1, 0.15) is 30.0 Å². The van der Waals surface area contributed by atoms with Crippen LogP contribution in [0, 0.1) is 6.92 Å². The average molecular weight is 332 g/mol. The lowest BCUT2D eigenvalue weighted by atomic mass is 10.1. The molecule has 2 heterocycles. The van der Waals surface area contributed by atoms with Crippen molar-refractivity contribution in [1.82, 2.24) is 9.29 Å². The molecule has 1 saturated heterocycles. The van der Waals surface area contributed by atoms with Gasteiger partial charge in [0.1, 0.15) is 0 Å². The van der Waals surface area contributed by atoms with E-state index in [1.165, 1.54) is 0 Å². The predicted octanol–water partition coefficient (Wildman–Crippen LogP) is 2.92. The Bertz CT molecular complexity index is 788. The van der Waals surface area contributed by atoms with Crippen molar-refractivity contribution in [3.63, 3.8) is 0 Å². The van der Waals surface area contributed by atoms with E-state index in [1.807, 2.05) is 31.2 Å². The number of sulfonamides is 1. The summed E-state index contributed by atoms with van der Waals surface area (Å²) in [5, 5.41) is 0. The maximum Gasteiger partial charge on any atom is 0.243 e. The number of nitrogens with zero attached hydrogens (tertiary/aromatic N) is 2. The summed E-state index contributed by atoms with van der Waals surface area (Å²) >= 11 is 0. The van der Waals surface area contributed by atoms with Crippen molar-refractivity contribution in [2.24, 2.45) is 0 Å². The summed E-state index contributed by atoms with van der Waals surface area (Å²) in [5.41, 5.74) is 1.86. The highest BCUT2D eigenvalue weighted by Crippen LogP contribution is 2.39. The van der Waals surface area contributed by atoms with Crippen LogP contribution in [0.4, 0.5) is 0 Å². The summed E-state index contributed by atoms with van der Waals surface area (Å²) in [4.78, 5) is 4.53. The fourth-order valence-corrected chi connectivity index (χ4v) is 4.69. The maximum absolute atomic E-state index is 13.0. The van der Waals surface area contributed by atoms with E-state index in [0.717, 1.165) is 24.0 Å². The van der Waals surface area contributed by atoms with Crippen molar-refractivity contribution in [2.75, 3.05) is 13.7 Å². The zero-order valence-corrected chi connectivity index (χ0v) is 14.1. The summed E-state index contributed by atoms with van der Waals surface area (Å²) in [7, 11) is -1.97. The molecule has 2 aromatic rings. The molecule has 0 spiro atoms. The Morgan fingerprint density at radius 2 is 1.96 bits per heavy atom. The molecule has 23 heavy (non-hydrogen) atoms. The Kier molecular flexibility index (Phi) is 4.37. The van der Waals surface area contributed by atoms with Crippen LogP contribution in [0.15, 0.2) is 47.5 Å². The van der Waals surface area contributed by atoms with Crippen molar-refractivity contribution in [3.8, 4) is 5.88 Å². The Morgan fingerprint density at radius 1 is 1.22 bits per heavy atom. The number of methoxy groups -OCH3 is 1. The highest BCUT2D eigenvalue weighted by molar-refractivity contribution is 7.89. The Balaban J connectivity index is 1.99. The summed E-state index contributed by atoms with van der Waals surface area (Å²) in [6, 6.07) is 10.4. The smallest absolute Gasteiger partial charge is 0.243 e. The monoisotopic (exact) mass is 332 g/mol. The van der Waals surface area contributed by atoms with Gasteiger partial charge in [0.05, 0.1) is 18.0 Å². The number of ether oxygens (including phenoxy) is 1. The Morgan fingerprint density at radius 3 is 2.65 bits per heavy atom. The first-order valence-electron chi connectivity index (χ1n) is 7.61. The molecular weight excluding hydrogens is 312 g/mol. The molecule has 0 amide bonds. The third-order valence-electron chi connectivity index (χ3n) is 4.18. The molecule has 0 N–H and O–H groups in total. The van der Waals surface area contributed by atoms with E-state index < -0.39 is 10.0 Å². The second-order valence-corrected chi connectivity index (χ2v) is 7.58. The molecule has 1 fully saturated rings. The van der Waals surface area contributed by atoms with Crippen LogP contribution >= 0.6 is 0 Å². The molecule has 6 heteroatoms. The summed E-state index contributed by atoms with van der Waals surface area (Å²) in [5.74, 6) is 0.489. The fraction of sp³-hybridized carbons (Fsp3) is 0.353. The van der Waals surface area contributed by atoms with Crippen LogP contribution in [-0.2, 0) is 10.0 Å². The second-order valence-electron chi connectivity index (χ2n) is 5.69. The van der Waals surface area contributed by atoms with Crippen molar-refractivity contribution in [1.29, 1.82) is 0 Å². The van der Waals surface area contributed by atoms with Crippen molar-refractivity contribution in [3.05, 3.63) is 53.7 Å². The van der Waals surface area contributed by atoms with Gasteiger partial charge in [-0.2, -0.15) is 4.31 Å². The van der Waals surface area contributed by atoms with Crippen LogP contribution < -0.4 is 4.74 Å². The average Bonchev–Trinajstić information content (AvgIpc) is 3.05. The molecular formula is C17H20N2O3S. The third-order valence-corrected chi connectivity index (χ3v) is 6.11. The Labute approximate surface area is 137 Å². The van der Waals surface area contributed by atoms with Crippen molar-refractivity contribution in [2.45, 2.75) is 30.7 Å². The molecule has 1 aromatic carbocycles. The van der Waals surface area contributed by atoms with Crippen molar-refractivity contribution >= 4 is 10.0 Å². The number of hydrogen-bond donors (Lipinski definition) is 0. The lowest BCUT2D eigenvalue weighted by molar-refractivity contribution is 0.357. The lowest BCUT2D eigenvalue weighted by Gasteiger charge is -2.25. The topological polar surface area (TPSA) is 59.5 Å². The fourth-order valence-electron chi connectivity index (χ4n) is 3.01. The SMILES string of the molecule is COc1ncccc1C1CCCN1S(=O)(=O)c1ccc(C)cc1. The van der Waals surface area contributed by atoms with E-state index in [9.17, 15) is 8.42 Å². The lowest BCUT2D eigenvalue weighted by Crippen LogP contribution is -2.31. The molecule has 5 nitrogen and oxygen atoms in total. The van der Waals surface area contributed by atoms with Gasteiger partial charge < -0.3 is 4.74 Å². The normalized spacial score (nSPS) is 19.0. The summed E-state index contributed by atoms with van der Waals surface area (Å²) in [6.45, 7) is 2.45. The highest BCUT2D eigenvalue weighted by Gasteiger charge is 2.37. The molecule has 1 unspecified atom stereocenters. The van der Waals surface area contributed by atoms with Gasteiger partial charge in [-0.3, -0.25) is 0 Å². The third kappa shape index (κ3) is 2.96. The predicted molar refractivity (Wildman–Crippen MR) is 87.8 cm³/mol. The number of rotatable bonds is 4. The van der Waals surface area contributed by atoms with Crippen LogP contribution in [-0.4, -0.2) is 31.4 Å². The number of aryl methyl sites for hydroxylation is 1. The number of benzene rings is 1. The van der Waals surface area contributed by atoms with Crippen LogP contribution in [0.5, 0.6) is 5.88 Å². The minimum absolute atomic E-state index is 0.232. The molecule has 1 atom stereocenters. The van der Waals surface area contributed by atoms with E-state index in [2.05, 4.69) is 4.98 Å². The van der Waals surface area contributed by atoms with Crippen LogP contribution in [0.3, 0.4) is 0 Å². The largest absolute Gasteiger partial charge is 0.481 e. The molecule has 1 aliphatic rings. The minimum atomic E-state index is -3.53. The molecule has 3 rings (SSSR count). The Hall–Kier alpha value is -1.92. The van der Waals surface area contributed by atoms with Gasteiger partial charge in [-0.05, 0) is 38.0 Å². The van der Waals surface area contributed by atoms with Gasteiger partial charge in [0.2, 0.25) is 15.9 Å². The quantitative estimate of drug-likeness (QED) is 0.864. The van der Waals surface area contributed by atoms with Crippen LogP contribution in [0.25, 0.3) is 0 Å². The molecule has 0 saturated carbocycles. The van der Waals surface area contributed by atoms with Gasteiger partial charge in [0, 0.05) is 18.3 Å². The number of pyridine rings is 1. The first-order valence-corrected chi connectivity index (χ1v) is 9.05. The molecule has 1 aromatic heterocycles. The van der Waals surface area contributed by atoms with Gasteiger partial charge in [0.25, 0.3) is 0 Å². The van der Waals surface area contributed by atoms with Crippen LogP contribution in [0.2, 0.25) is 0 Å².